The summed E-state index contributed by atoms with van der Waals surface area (Å²) < 4.78 is 1.56. The second kappa shape index (κ2) is 2.88. The minimum atomic E-state index is -0.105. The van der Waals surface area contributed by atoms with Gasteiger partial charge in [0.15, 0.2) is 0 Å². The predicted octanol–water partition coefficient (Wildman–Crippen LogP) is 1.22. The Morgan fingerprint density at radius 3 is 3.00 bits per heavy atom. The van der Waals surface area contributed by atoms with Crippen LogP contribution in [-0.2, 0) is 7.05 Å². The van der Waals surface area contributed by atoms with E-state index >= 15 is 0 Å². The van der Waals surface area contributed by atoms with Crippen LogP contribution in [-0.4, -0.2) is 9.55 Å². The highest BCUT2D eigenvalue weighted by Gasteiger charge is 1.99. The third-order valence-corrected chi connectivity index (χ3v) is 2.24. The zero-order valence-electron chi connectivity index (χ0n) is 7.06. The molecule has 0 N–H and O–H groups in total. The van der Waals surface area contributed by atoms with Crippen molar-refractivity contribution in [3.63, 3.8) is 0 Å². The fourth-order valence-electron chi connectivity index (χ4n) is 1.22. The minimum Gasteiger partial charge on any atom is -0.308 e. The lowest BCUT2D eigenvalue weighted by molar-refractivity contribution is 0.890. The SMILES string of the molecule is Cn1c(=O)cnc2ccc(S)cc21. The number of rotatable bonds is 0. The molecule has 3 nitrogen and oxygen atoms in total. The number of fused-ring (bicyclic) bond motifs is 1. The van der Waals surface area contributed by atoms with Crippen LogP contribution in [0.1, 0.15) is 0 Å². The van der Waals surface area contributed by atoms with Gasteiger partial charge < -0.3 is 4.57 Å². The van der Waals surface area contributed by atoms with E-state index in [0.717, 1.165) is 15.9 Å². The summed E-state index contributed by atoms with van der Waals surface area (Å²) in [5.74, 6) is 0. The van der Waals surface area contributed by atoms with E-state index in [2.05, 4.69) is 17.6 Å². The predicted molar refractivity (Wildman–Crippen MR) is 54.2 cm³/mol. The number of nitrogens with zero attached hydrogens (tertiary/aromatic N) is 2. The lowest BCUT2D eigenvalue weighted by Crippen LogP contribution is -2.16. The van der Waals surface area contributed by atoms with E-state index in [9.17, 15) is 4.79 Å². The van der Waals surface area contributed by atoms with Gasteiger partial charge in [0.05, 0.1) is 17.2 Å². The van der Waals surface area contributed by atoms with Gasteiger partial charge in [-0.05, 0) is 18.2 Å². The minimum absolute atomic E-state index is 0.105. The first kappa shape index (κ1) is 8.31. The molecule has 4 heteroatoms. The van der Waals surface area contributed by atoms with Gasteiger partial charge in [0.25, 0.3) is 5.56 Å². The molecule has 66 valence electrons. The Hall–Kier alpha value is -1.29. The first-order valence-corrected chi connectivity index (χ1v) is 4.28. The van der Waals surface area contributed by atoms with E-state index in [4.69, 9.17) is 0 Å². The Bertz CT molecular complexity index is 518. The van der Waals surface area contributed by atoms with Crippen LogP contribution in [0.15, 0.2) is 34.1 Å². The molecule has 2 rings (SSSR count). The Labute approximate surface area is 80.4 Å². The second-order valence-corrected chi connectivity index (χ2v) is 3.34. The average molecular weight is 192 g/mol. The summed E-state index contributed by atoms with van der Waals surface area (Å²) in [4.78, 5) is 16.1. The van der Waals surface area contributed by atoms with Gasteiger partial charge >= 0.3 is 0 Å². The molecule has 1 aromatic heterocycles. The second-order valence-electron chi connectivity index (χ2n) is 2.83. The number of aryl methyl sites for hydroxylation is 1. The van der Waals surface area contributed by atoms with Crippen molar-refractivity contribution < 1.29 is 0 Å². The van der Waals surface area contributed by atoms with E-state index in [1.807, 2.05) is 18.2 Å². The molecule has 0 aliphatic rings. The third kappa shape index (κ3) is 1.33. The number of thiol groups is 1. The molecule has 0 unspecified atom stereocenters. The van der Waals surface area contributed by atoms with Gasteiger partial charge in [-0.3, -0.25) is 4.79 Å². The van der Waals surface area contributed by atoms with Crippen LogP contribution in [0.25, 0.3) is 11.0 Å². The average Bonchev–Trinajstić information content (AvgIpc) is 2.12. The van der Waals surface area contributed by atoms with E-state index < -0.39 is 0 Å². The lowest BCUT2D eigenvalue weighted by atomic mass is 10.3. The molecule has 0 bridgehead atoms. The zero-order chi connectivity index (χ0) is 9.42. The summed E-state index contributed by atoms with van der Waals surface area (Å²) in [6.07, 6.45) is 1.32. The van der Waals surface area contributed by atoms with Crippen LogP contribution in [0, 0.1) is 0 Å². The molecular weight excluding hydrogens is 184 g/mol. The maximum absolute atomic E-state index is 11.2. The van der Waals surface area contributed by atoms with Crippen molar-refractivity contribution in [2.75, 3.05) is 0 Å². The summed E-state index contributed by atoms with van der Waals surface area (Å²) in [6, 6.07) is 5.52. The normalized spacial score (nSPS) is 10.6. The van der Waals surface area contributed by atoms with Gasteiger partial charge in [0, 0.05) is 11.9 Å². The van der Waals surface area contributed by atoms with Crippen LogP contribution in [0.2, 0.25) is 0 Å². The summed E-state index contributed by atoms with van der Waals surface area (Å²) >= 11 is 4.20. The van der Waals surface area contributed by atoms with Crippen molar-refractivity contribution in [2.24, 2.45) is 7.05 Å². The first-order chi connectivity index (χ1) is 6.18. The summed E-state index contributed by atoms with van der Waals surface area (Å²) in [6.45, 7) is 0. The molecule has 0 aliphatic heterocycles. The van der Waals surface area contributed by atoms with E-state index in [0.29, 0.717) is 0 Å². The molecule has 13 heavy (non-hydrogen) atoms. The topological polar surface area (TPSA) is 34.9 Å². The molecule has 0 aliphatic carbocycles. The molecule has 0 saturated carbocycles. The van der Waals surface area contributed by atoms with Crippen molar-refractivity contribution in [2.45, 2.75) is 4.90 Å². The highest BCUT2D eigenvalue weighted by Crippen LogP contribution is 2.13. The molecule has 0 radical (unpaired) electrons. The Balaban J connectivity index is 2.97. The smallest absolute Gasteiger partial charge is 0.269 e. The summed E-state index contributed by atoms with van der Waals surface area (Å²) in [5, 5.41) is 0. The number of aromatic nitrogens is 2. The van der Waals surface area contributed by atoms with E-state index in [1.165, 1.54) is 6.20 Å². The monoisotopic (exact) mass is 192 g/mol. The molecule has 2 aromatic rings. The highest BCUT2D eigenvalue weighted by molar-refractivity contribution is 7.80. The first-order valence-electron chi connectivity index (χ1n) is 3.83. The van der Waals surface area contributed by atoms with Crippen LogP contribution in [0.3, 0.4) is 0 Å². The molecule has 0 atom stereocenters. The number of hydrogen-bond acceptors (Lipinski definition) is 3. The van der Waals surface area contributed by atoms with Crippen molar-refractivity contribution in [1.82, 2.24) is 9.55 Å². The zero-order valence-corrected chi connectivity index (χ0v) is 7.95. The van der Waals surface area contributed by atoms with Gasteiger partial charge in [-0.2, -0.15) is 0 Å². The maximum Gasteiger partial charge on any atom is 0.269 e. The Kier molecular flexibility index (Phi) is 1.84. The highest BCUT2D eigenvalue weighted by atomic mass is 32.1. The van der Waals surface area contributed by atoms with Gasteiger partial charge in [-0.1, -0.05) is 0 Å². The molecule has 0 spiro atoms. The fraction of sp³-hybridized carbons (Fsp3) is 0.111. The van der Waals surface area contributed by atoms with Crippen LogP contribution in [0.4, 0.5) is 0 Å². The van der Waals surface area contributed by atoms with Gasteiger partial charge in [-0.25, -0.2) is 4.98 Å². The third-order valence-electron chi connectivity index (χ3n) is 1.97. The molecular formula is C9H8N2OS. The van der Waals surface area contributed by atoms with E-state index in [1.54, 1.807) is 11.6 Å². The van der Waals surface area contributed by atoms with Gasteiger partial charge in [-0.15, -0.1) is 12.6 Å². The van der Waals surface area contributed by atoms with Crippen molar-refractivity contribution >= 4 is 23.7 Å². The largest absolute Gasteiger partial charge is 0.308 e. The van der Waals surface area contributed by atoms with Crippen LogP contribution >= 0.6 is 12.6 Å². The molecule has 0 saturated heterocycles. The van der Waals surface area contributed by atoms with Crippen LogP contribution < -0.4 is 5.56 Å². The quantitative estimate of drug-likeness (QED) is 0.637. The molecule has 0 amide bonds. The van der Waals surface area contributed by atoms with Crippen molar-refractivity contribution in [1.29, 1.82) is 0 Å². The number of hydrogen-bond donors (Lipinski definition) is 1. The Morgan fingerprint density at radius 2 is 2.23 bits per heavy atom. The van der Waals surface area contributed by atoms with E-state index in [-0.39, 0.29) is 5.56 Å². The molecule has 1 aromatic carbocycles. The number of benzene rings is 1. The fourth-order valence-corrected chi connectivity index (χ4v) is 1.42. The Morgan fingerprint density at radius 1 is 1.46 bits per heavy atom. The molecule has 0 fully saturated rings. The summed E-state index contributed by atoms with van der Waals surface area (Å²) in [5.41, 5.74) is 1.51. The van der Waals surface area contributed by atoms with Gasteiger partial charge in [0.2, 0.25) is 0 Å². The summed E-state index contributed by atoms with van der Waals surface area (Å²) in [7, 11) is 1.72. The molecule has 1 heterocycles. The maximum atomic E-state index is 11.2. The van der Waals surface area contributed by atoms with Gasteiger partial charge in [0.1, 0.15) is 0 Å². The standard InChI is InChI=1S/C9H8N2OS/c1-11-8-4-6(13)2-3-7(8)10-5-9(11)12/h2-5,13H,1H3. The van der Waals surface area contributed by atoms with Crippen molar-refractivity contribution in [3.05, 3.63) is 34.7 Å². The van der Waals surface area contributed by atoms with Crippen LogP contribution in [0.5, 0.6) is 0 Å². The lowest BCUT2D eigenvalue weighted by Gasteiger charge is -2.02. The van der Waals surface area contributed by atoms with Crippen molar-refractivity contribution in [3.8, 4) is 0 Å².